The molecule has 0 radical (unpaired) electrons. The molecule has 1 amide bonds. The van der Waals surface area contributed by atoms with Crippen LogP contribution < -0.4 is 5.32 Å². The Balaban J connectivity index is 1.30. The Kier molecular flexibility index (Phi) is 8.13. The summed E-state index contributed by atoms with van der Waals surface area (Å²) in [4.78, 5) is 25.8. The first-order chi connectivity index (χ1) is 15.2. The number of anilines is 1. The van der Waals surface area contributed by atoms with Crippen LogP contribution in [0.1, 0.15) is 89.7 Å². The number of aromatic nitrogens is 2. The van der Waals surface area contributed by atoms with Crippen molar-refractivity contribution in [3.8, 4) is 0 Å². The fourth-order valence-electron chi connectivity index (χ4n) is 5.86. The van der Waals surface area contributed by atoms with E-state index >= 15 is 0 Å². The molecule has 0 spiro atoms. The van der Waals surface area contributed by atoms with Crippen molar-refractivity contribution < 1.29 is 4.79 Å². The molecule has 31 heavy (non-hydrogen) atoms. The van der Waals surface area contributed by atoms with Crippen LogP contribution in [-0.4, -0.2) is 45.7 Å². The van der Waals surface area contributed by atoms with Crippen LogP contribution in [0, 0.1) is 11.8 Å². The fraction of sp³-hybridized carbons (Fsp3) is 0.800. The molecule has 2 saturated carbocycles. The molecule has 4 rings (SSSR count). The first-order valence-electron chi connectivity index (χ1n) is 12.7. The molecule has 1 atom stereocenters. The average Bonchev–Trinajstić information content (AvgIpc) is 3.32. The van der Waals surface area contributed by atoms with E-state index in [0.29, 0.717) is 18.0 Å². The van der Waals surface area contributed by atoms with E-state index in [4.69, 9.17) is 0 Å². The molecule has 2 fully saturated rings. The molecule has 3 aliphatic rings. The number of nitrogens with one attached hydrogen (secondary N) is 1. The highest BCUT2D eigenvalue weighted by atomic mass is 32.2. The molecule has 6 heteroatoms. The summed E-state index contributed by atoms with van der Waals surface area (Å²) >= 11 is 1.89. The molecule has 1 aromatic heterocycles. The zero-order valence-electron chi connectivity index (χ0n) is 19.4. The summed E-state index contributed by atoms with van der Waals surface area (Å²) in [7, 11) is 2.06. The molecular weight excluding hydrogens is 404 g/mol. The van der Waals surface area contributed by atoms with Gasteiger partial charge in [0.2, 0.25) is 5.91 Å². The van der Waals surface area contributed by atoms with Crippen LogP contribution >= 0.6 is 11.8 Å². The summed E-state index contributed by atoms with van der Waals surface area (Å²) in [6, 6.07) is 0.841. The Morgan fingerprint density at radius 3 is 2.68 bits per heavy atom. The maximum absolute atomic E-state index is 13.3. The summed E-state index contributed by atoms with van der Waals surface area (Å²) in [6.45, 7) is 2.22. The number of nitrogens with zero attached hydrogens (tertiary/aromatic N) is 3. The van der Waals surface area contributed by atoms with Gasteiger partial charge in [-0.3, -0.25) is 4.79 Å². The molecule has 5 nitrogen and oxygen atoms in total. The number of hydrogen-bond donors (Lipinski definition) is 1. The van der Waals surface area contributed by atoms with Gasteiger partial charge in [0.15, 0.2) is 0 Å². The third kappa shape index (κ3) is 5.74. The molecule has 2 aliphatic carbocycles. The van der Waals surface area contributed by atoms with Gasteiger partial charge in [0.1, 0.15) is 12.1 Å². The zero-order chi connectivity index (χ0) is 21.6. The molecule has 0 bridgehead atoms. The maximum atomic E-state index is 13.3. The zero-order valence-corrected chi connectivity index (χ0v) is 20.3. The number of amides is 1. The average molecular weight is 445 g/mol. The fourth-order valence-corrected chi connectivity index (χ4v) is 6.93. The van der Waals surface area contributed by atoms with Gasteiger partial charge in [-0.2, -0.15) is 0 Å². The lowest BCUT2D eigenvalue weighted by atomic mass is 9.86. The van der Waals surface area contributed by atoms with Crippen molar-refractivity contribution in [2.45, 2.75) is 107 Å². The monoisotopic (exact) mass is 444 g/mol. The Hall–Kier alpha value is -1.30. The Morgan fingerprint density at radius 2 is 1.94 bits per heavy atom. The Bertz CT molecular complexity index is 728. The molecule has 0 saturated heterocycles. The third-order valence-electron chi connectivity index (χ3n) is 7.69. The third-order valence-corrected chi connectivity index (χ3v) is 8.90. The smallest absolute Gasteiger partial charge is 0.225 e. The summed E-state index contributed by atoms with van der Waals surface area (Å²) in [5, 5.41) is 3.71. The number of hydrogen-bond acceptors (Lipinski definition) is 5. The van der Waals surface area contributed by atoms with Gasteiger partial charge in [-0.1, -0.05) is 39.0 Å². The second-order valence-electron chi connectivity index (χ2n) is 9.92. The number of carbonyl (C=O) groups excluding carboxylic acids is 1. The van der Waals surface area contributed by atoms with E-state index in [9.17, 15) is 4.79 Å². The number of carbonyl (C=O) groups is 1. The van der Waals surface area contributed by atoms with Crippen LogP contribution in [0.25, 0.3) is 0 Å². The number of fused-ring (bicyclic) bond motifs is 1. The van der Waals surface area contributed by atoms with E-state index in [2.05, 4.69) is 34.2 Å². The molecule has 2 heterocycles. The highest BCUT2D eigenvalue weighted by molar-refractivity contribution is 7.99. The van der Waals surface area contributed by atoms with Gasteiger partial charge in [-0.15, -0.1) is 11.8 Å². The van der Waals surface area contributed by atoms with Gasteiger partial charge >= 0.3 is 0 Å². The van der Waals surface area contributed by atoms with Gasteiger partial charge in [0, 0.05) is 25.0 Å². The van der Waals surface area contributed by atoms with Crippen molar-refractivity contribution in [2.75, 3.05) is 18.1 Å². The predicted molar refractivity (Wildman–Crippen MR) is 128 cm³/mol. The van der Waals surface area contributed by atoms with E-state index in [-0.39, 0.29) is 5.92 Å². The van der Waals surface area contributed by atoms with Crippen LogP contribution in [0.5, 0.6) is 0 Å². The normalized spacial score (nSPS) is 25.1. The lowest BCUT2D eigenvalue weighted by Crippen LogP contribution is -2.44. The van der Waals surface area contributed by atoms with E-state index < -0.39 is 0 Å². The Labute approximate surface area is 192 Å². The van der Waals surface area contributed by atoms with Crippen LogP contribution in [0.15, 0.2) is 11.2 Å². The number of aryl methyl sites for hydroxylation is 1. The second-order valence-corrected chi connectivity index (χ2v) is 11.0. The van der Waals surface area contributed by atoms with Crippen LogP contribution in [0.2, 0.25) is 0 Å². The topological polar surface area (TPSA) is 58.1 Å². The Morgan fingerprint density at radius 1 is 1.16 bits per heavy atom. The summed E-state index contributed by atoms with van der Waals surface area (Å²) < 4.78 is 0. The minimum absolute atomic E-state index is 0.235. The first-order valence-corrected chi connectivity index (χ1v) is 13.6. The minimum atomic E-state index is 0.235. The van der Waals surface area contributed by atoms with Crippen molar-refractivity contribution in [2.24, 2.45) is 11.8 Å². The number of rotatable bonds is 8. The lowest BCUT2D eigenvalue weighted by molar-refractivity contribution is -0.137. The van der Waals surface area contributed by atoms with E-state index in [1.165, 1.54) is 42.7 Å². The van der Waals surface area contributed by atoms with Gasteiger partial charge in [0.25, 0.3) is 0 Å². The van der Waals surface area contributed by atoms with Crippen LogP contribution in [0.3, 0.4) is 0 Å². The first kappa shape index (κ1) is 22.9. The predicted octanol–water partition coefficient (Wildman–Crippen LogP) is 5.69. The van der Waals surface area contributed by atoms with Crippen molar-refractivity contribution in [1.29, 1.82) is 0 Å². The van der Waals surface area contributed by atoms with Crippen molar-refractivity contribution in [3.63, 3.8) is 0 Å². The largest absolute Gasteiger partial charge is 0.366 e. The molecule has 1 aliphatic heterocycles. The van der Waals surface area contributed by atoms with Gasteiger partial charge in [0.05, 0.1) is 10.6 Å². The lowest BCUT2D eigenvalue weighted by Gasteiger charge is -2.37. The summed E-state index contributed by atoms with van der Waals surface area (Å²) in [6.07, 6.45) is 17.0. The molecule has 1 aromatic rings. The minimum Gasteiger partial charge on any atom is -0.366 e. The molecule has 1 N–H and O–H groups in total. The summed E-state index contributed by atoms with van der Waals surface area (Å²) in [5.74, 6) is 3.62. The standard InChI is InChI=1S/C25H40N4OS/c1-3-7-19(16-18-8-4-5-9-18)25(30)29(2)21-13-11-20(12-14-21)28-24-23-22(26-17-27-24)10-6-15-31-23/h17-21H,3-16H2,1-2H3,(H,26,27,28). The molecule has 172 valence electrons. The second kappa shape index (κ2) is 11.0. The van der Waals surface area contributed by atoms with Gasteiger partial charge in [-0.25, -0.2) is 9.97 Å². The van der Waals surface area contributed by atoms with E-state index in [0.717, 1.165) is 68.9 Å². The van der Waals surface area contributed by atoms with Gasteiger partial charge in [-0.05, 0) is 63.0 Å². The van der Waals surface area contributed by atoms with E-state index in [1.807, 2.05) is 11.8 Å². The van der Waals surface area contributed by atoms with Crippen molar-refractivity contribution >= 4 is 23.5 Å². The highest BCUT2D eigenvalue weighted by Crippen LogP contribution is 2.36. The quantitative estimate of drug-likeness (QED) is 0.558. The van der Waals surface area contributed by atoms with Gasteiger partial charge < -0.3 is 10.2 Å². The maximum Gasteiger partial charge on any atom is 0.225 e. The van der Waals surface area contributed by atoms with Crippen LogP contribution in [0.4, 0.5) is 5.82 Å². The molecular formula is C25H40N4OS. The van der Waals surface area contributed by atoms with E-state index in [1.54, 1.807) is 6.33 Å². The molecule has 1 unspecified atom stereocenters. The van der Waals surface area contributed by atoms with Crippen LogP contribution in [-0.2, 0) is 11.2 Å². The number of thioether (sulfide) groups is 1. The van der Waals surface area contributed by atoms with Crippen molar-refractivity contribution in [3.05, 3.63) is 12.0 Å². The molecule has 0 aromatic carbocycles. The SMILES string of the molecule is CCCC(CC1CCCC1)C(=O)N(C)C1CCC(Nc2ncnc3c2SCCC3)CC1. The highest BCUT2D eigenvalue weighted by Gasteiger charge is 2.32. The van der Waals surface area contributed by atoms with Crippen molar-refractivity contribution in [1.82, 2.24) is 14.9 Å². The summed E-state index contributed by atoms with van der Waals surface area (Å²) in [5.41, 5.74) is 1.21.